The van der Waals surface area contributed by atoms with Gasteiger partial charge >= 0.3 is 0 Å². The number of rotatable bonds is 5. The summed E-state index contributed by atoms with van der Waals surface area (Å²) < 4.78 is 6.70. The summed E-state index contributed by atoms with van der Waals surface area (Å²) in [4.78, 5) is 12.0. The zero-order valence-corrected chi connectivity index (χ0v) is 13.0. The normalized spacial score (nSPS) is 13.3. The average Bonchev–Trinajstić information content (AvgIpc) is 2.85. The van der Waals surface area contributed by atoms with Crippen LogP contribution in [0, 0.1) is 5.92 Å². The lowest BCUT2D eigenvalue weighted by Crippen LogP contribution is -2.29. The summed E-state index contributed by atoms with van der Waals surface area (Å²) in [7, 11) is 0. The summed E-state index contributed by atoms with van der Waals surface area (Å²) in [6, 6.07) is 4.12. The molecule has 1 aliphatic rings. The first-order valence-electron chi connectivity index (χ1n) is 6.87. The van der Waals surface area contributed by atoms with Crippen LogP contribution in [-0.2, 0) is 17.8 Å². The van der Waals surface area contributed by atoms with Gasteiger partial charge in [-0.3, -0.25) is 4.79 Å². The molecule has 0 radical (unpaired) electrons. The van der Waals surface area contributed by atoms with Gasteiger partial charge in [-0.05, 0) is 30.5 Å². The van der Waals surface area contributed by atoms with E-state index in [0.717, 1.165) is 41.7 Å². The topological polar surface area (TPSA) is 38.3 Å². The number of carbonyl (C=O) groups is 1. The molecule has 0 saturated carbocycles. The standard InChI is InChI=1S/C15H20BrNO2/c1-3-10(4-2)15(18)17-9-12-8-13(16)7-11-5-6-19-14(11)12/h7-8,10H,3-6,9H2,1-2H3,(H,17,18). The lowest BCUT2D eigenvalue weighted by molar-refractivity contribution is -0.125. The van der Waals surface area contributed by atoms with Crippen molar-refractivity contribution in [1.82, 2.24) is 5.32 Å². The van der Waals surface area contributed by atoms with E-state index in [4.69, 9.17) is 4.74 Å². The Kier molecular flexibility index (Phi) is 4.86. The van der Waals surface area contributed by atoms with Gasteiger partial charge in [0, 0.05) is 28.9 Å². The largest absolute Gasteiger partial charge is 0.493 e. The molecular weight excluding hydrogens is 306 g/mol. The Morgan fingerprint density at radius 1 is 1.42 bits per heavy atom. The average molecular weight is 326 g/mol. The van der Waals surface area contributed by atoms with Crippen LogP contribution in [0.25, 0.3) is 0 Å². The highest BCUT2D eigenvalue weighted by atomic mass is 79.9. The van der Waals surface area contributed by atoms with Crippen molar-refractivity contribution >= 4 is 21.8 Å². The Balaban J connectivity index is 2.06. The highest BCUT2D eigenvalue weighted by molar-refractivity contribution is 9.10. The van der Waals surface area contributed by atoms with Crippen molar-refractivity contribution in [2.24, 2.45) is 5.92 Å². The fourth-order valence-corrected chi connectivity index (χ4v) is 3.02. The number of fused-ring (bicyclic) bond motifs is 1. The fourth-order valence-electron chi connectivity index (χ4n) is 2.46. The predicted molar refractivity (Wildman–Crippen MR) is 79.3 cm³/mol. The number of ether oxygens (including phenoxy) is 1. The molecule has 0 fully saturated rings. The minimum Gasteiger partial charge on any atom is -0.493 e. The molecule has 1 aromatic rings. The minimum atomic E-state index is 0.112. The Morgan fingerprint density at radius 3 is 2.84 bits per heavy atom. The van der Waals surface area contributed by atoms with Gasteiger partial charge in [-0.15, -0.1) is 0 Å². The molecule has 1 aliphatic heterocycles. The Hall–Kier alpha value is -1.03. The number of amides is 1. The minimum absolute atomic E-state index is 0.112. The fraction of sp³-hybridized carbons (Fsp3) is 0.533. The van der Waals surface area contributed by atoms with Crippen molar-refractivity contribution in [3.05, 3.63) is 27.7 Å². The van der Waals surface area contributed by atoms with Crippen molar-refractivity contribution in [1.29, 1.82) is 0 Å². The molecule has 1 heterocycles. The van der Waals surface area contributed by atoms with Gasteiger partial charge < -0.3 is 10.1 Å². The second-order valence-electron chi connectivity index (χ2n) is 4.88. The van der Waals surface area contributed by atoms with E-state index in [1.807, 2.05) is 19.9 Å². The van der Waals surface area contributed by atoms with Gasteiger partial charge in [0.25, 0.3) is 0 Å². The highest BCUT2D eigenvalue weighted by Gasteiger charge is 2.19. The van der Waals surface area contributed by atoms with E-state index in [-0.39, 0.29) is 11.8 Å². The molecular formula is C15H20BrNO2. The van der Waals surface area contributed by atoms with E-state index < -0.39 is 0 Å². The van der Waals surface area contributed by atoms with Crippen LogP contribution < -0.4 is 10.1 Å². The maximum atomic E-state index is 12.0. The van der Waals surface area contributed by atoms with Gasteiger partial charge in [-0.2, -0.15) is 0 Å². The molecule has 1 amide bonds. The SMILES string of the molecule is CCC(CC)C(=O)NCc1cc(Br)cc2c1OCC2. The van der Waals surface area contributed by atoms with E-state index in [1.165, 1.54) is 5.56 Å². The maximum absolute atomic E-state index is 12.0. The zero-order valence-electron chi connectivity index (χ0n) is 11.5. The van der Waals surface area contributed by atoms with Crippen molar-refractivity contribution in [3.8, 4) is 5.75 Å². The Morgan fingerprint density at radius 2 is 2.16 bits per heavy atom. The number of hydrogen-bond acceptors (Lipinski definition) is 2. The summed E-state index contributed by atoms with van der Waals surface area (Å²) in [6.45, 7) is 5.37. The molecule has 104 valence electrons. The molecule has 19 heavy (non-hydrogen) atoms. The molecule has 0 spiro atoms. The molecule has 0 bridgehead atoms. The quantitative estimate of drug-likeness (QED) is 0.900. The summed E-state index contributed by atoms with van der Waals surface area (Å²) in [5.74, 6) is 1.20. The lowest BCUT2D eigenvalue weighted by atomic mass is 10.0. The molecule has 0 atom stereocenters. The first kappa shape index (κ1) is 14.4. The number of hydrogen-bond donors (Lipinski definition) is 1. The smallest absolute Gasteiger partial charge is 0.223 e. The van der Waals surface area contributed by atoms with Gasteiger partial charge in [0.05, 0.1) is 6.61 Å². The third-order valence-corrected chi connectivity index (χ3v) is 4.09. The number of carbonyl (C=O) groups excluding carboxylic acids is 1. The van der Waals surface area contributed by atoms with E-state index in [0.29, 0.717) is 6.54 Å². The molecule has 1 N–H and O–H groups in total. The molecule has 0 saturated heterocycles. The number of halogens is 1. The highest BCUT2D eigenvalue weighted by Crippen LogP contribution is 2.32. The van der Waals surface area contributed by atoms with Crippen LogP contribution in [0.2, 0.25) is 0 Å². The molecule has 0 unspecified atom stereocenters. The van der Waals surface area contributed by atoms with Crippen LogP contribution in [0.3, 0.4) is 0 Å². The molecule has 4 heteroatoms. The van der Waals surface area contributed by atoms with E-state index in [9.17, 15) is 4.79 Å². The van der Waals surface area contributed by atoms with Gasteiger partial charge in [-0.25, -0.2) is 0 Å². The molecule has 0 aliphatic carbocycles. The van der Waals surface area contributed by atoms with Crippen LogP contribution in [0.5, 0.6) is 5.75 Å². The molecule has 3 nitrogen and oxygen atoms in total. The van der Waals surface area contributed by atoms with Gasteiger partial charge in [0.2, 0.25) is 5.91 Å². The summed E-state index contributed by atoms with van der Waals surface area (Å²) >= 11 is 3.51. The van der Waals surface area contributed by atoms with E-state index in [2.05, 4.69) is 27.3 Å². The van der Waals surface area contributed by atoms with Crippen LogP contribution in [0.1, 0.15) is 37.8 Å². The third-order valence-electron chi connectivity index (χ3n) is 3.63. The van der Waals surface area contributed by atoms with Crippen LogP contribution in [0.15, 0.2) is 16.6 Å². The van der Waals surface area contributed by atoms with Crippen LogP contribution in [-0.4, -0.2) is 12.5 Å². The van der Waals surface area contributed by atoms with Gasteiger partial charge in [-0.1, -0.05) is 29.8 Å². The Labute approximate surface area is 122 Å². The summed E-state index contributed by atoms with van der Waals surface area (Å²) in [6.07, 6.45) is 2.72. The maximum Gasteiger partial charge on any atom is 0.223 e. The van der Waals surface area contributed by atoms with Crippen molar-refractivity contribution in [2.75, 3.05) is 6.61 Å². The monoisotopic (exact) mass is 325 g/mol. The van der Waals surface area contributed by atoms with Crippen LogP contribution >= 0.6 is 15.9 Å². The number of benzene rings is 1. The summed E-state index contributed by atoms with van der Waals surface area (Å²) in [5, 5.41) is 3.02. The summed E-state index contributed by atoms with van der Waals surface area (Å²) in [5.41, 5.74) is 2.28. The van der Waals surface area contributed by atoms with Crippen LogP contribution in [0.4, 0.5) is 0 Å². The van der Waals surface area contributed by atoms with Crippen molar-refractivity contribution in [2.45, 2.75) is 39.7 Å². The molecule has 0 aromatic heterocycles. The third kappa shape index (κ3) is 3.30. The van der Waals surface area contributed by atoms with E-state index >= 15 is 0 Å². The molecule has 1 aromatic carbocycles. The first-order chi connectivity index (χ1) is 9.15. The number of nitrogens with one attached hydrogen (secondary N) is 1. The zero-order chi connectivity index (χ0) is 13.8. The second kappa shape index (κ2) is 6.42. The van der Waals surface area contributed by atoms with Gasteiger partial charge in [0.15, 0.2) is 0 Å². The lowest BCUT2D eigenvalue weighted by Gasteiger charge is -2.14. The molecule has 2 rings (SSSR count). The Bertz CT molecular complexity index is 469. The predicted octanol–water partition coefficient (Wildman–Crippen LogP) is 3.44. The van der Waals surface area contributed by atoms with Crippen molar-refractivity contribution in [3.63, 3.8) is 0 Å². The van der Waals surface area contributed by atoms with Crippen molar-refractivity contribution < 1.29 is 9.53 Å². The first-order valence-corrected chi connectivity index (χ1v) is 7.66. The second-order valence-corrected chi connectivity index (χ2v) is 5.80. The van der Waals surface area contributed by atoms with E-state index in [1.54, 1.807) is 0 Å². The van der Waals surface area contributed by atoms with Gasteiger partial charge in [0.1, 0.15) is 5.75 Å².